The summed E-state index contributed by atoms with van der Waals surface area (Å²) in [6, 6.07) is 17.3. The SMILES string of the molecule is C/C=C\C=C/c1c(C)c2ccccc2c2ccccc12. The summed E-state index contributed by atoms with van der Waals surface area (Å²) in [5, 5.41) is 5.33. The van der Waals surface area contributed by atoms with Crippen molar-refractivity contribution in [3.8, 4) is 0 Å². The number of hydrogen-bond donors (Lipinski definition) is 0. The second-order valence-electron chi connectivity index (χ2n) is 5.01. The van der Waals surface area contributed by atoms with E-state index in [9.17, 15) is 0 Å². The van der Waals surface area contributed by atoms with Crippen LogP contribution in [0.4, 0.5) is 0 Å². The van der Waals surface area contributed by atoms with Crippen molar-refractivity contribution in [2.24, 2.45) is 0 Å². The lowest BCUT2D eigenvalue weighted by molar-refractivity contribution is 1.52. The van der Waals surface area contributed by atoms with Crippen molar-refractivity contribution in [3.63, 3.8) is 0 Å². The molecule has 0 spiro atoms. The maximum atomic E-state index is 2.21. The molecular weight excluding hydrogens is 240 g/mol. The van der Waals surface area contributed by atoms with E-state index >= 15 is 0 Å². The largest absolute Gasteiger partial charge is 0.0877 e. The highest BCUT2D eigenvalue weighted by atomic mass is 14.1. The lowest BCUT2D eigenvalue weighted by Crippen LogP contribution is -1.88. The summed E-state index contributed by atoms with van der Waals surface area (Å²) in [5.74, 6) is 0. The summed E-state index contributed by atoms with van der Waals surface area (Å²) in [6.07, 6.45) is 8.45. The van der Waals surface area contributed by atoms with Crippen LogP contribution < -0.4 is 0 Å². The van der Waals surface area contributed by atoms with Crippen molar-refractivity contribution in [1.29, 1.82) is 0 Å². The molecule has 0 unspecified atom stereocenters. The monoisotopic (exact) mass is 258 g/mol. The fourth-order valence-electron chi connectivity index (χ4n) is 2.82. The van der Waals surface area contributed by atoms with Crippen molar-refractivity contribution in [3.05, 3.63) is 77.9 Å². The van der Waals surface area contributed by atoms with Gasteiger partial charge in [-0.05, 0) is 46.5 Å². The van der Waals surface area contributed by atoms with Crippen LogP contribution in [0.3, 0.4) is 0 Å². The van der Waals surface area contributed by atoms with Gasteiger partial charge in [0.1, 0.15) is 0 Å². The molecule has 0 bridgehead atoms. The predicted octanol–water partition coefficient (Wildman–Crippen LogP) is 5.89. The maximum absolute atomic E-state index is 2.21. The van der Waals surface area contributed by atoms with Crippen molar-refractivity contribution in [2.45, 2.75) is 13.8 Å². The van der Waals surface area contributed by atoms with Crippen molar-refractivity contribution in [2.75, 3.05) is 0 Å². The Bertz CT molecular complexity index is 820. The van der Waals surface area contributed by atoms with Gasteiger partial charge in [0.2, 0.25) is 0 Å². The molecule has 0 saturated carbocycles. The minimum Gasteiger partial charge on any atom is -0.0877 e. The minimum absolute atomic E-state index is 1.32. The van der Waals surface area contributed by atoms with Crippen LogP contribution in [0, 0.1) is 6.92 Å². The highest BCUT2D eigenvalue weighted by Gasteiger charge is 2.08. The van der Waals surface area contributed by atoms with Gasteiger partial charge in [-0.25, -0.2) is 0 Å². The van der Waals surface area contributed by atoms with E-state index in [1.165, 1.54) is 32.7 Å². The number of benzene rings is 3. The number of rotatable bonds is 2. The van der Waals surface area contributed by atoms with Crippen LogP contribution >= 0.6 is 0 Å². The van der Waals surface area contributed by atoms with Gasteiger partial charge in [0.15, 0.2) is 0 Å². The molecule has 3 aromatic carbocycles. The molecule has 0 nitrogen and oxygen atoms in total. The zero-order valence-electron chi connectivity index (χ0n) is 11.9. The van der Waals surface area contributed by atoms with E-state index in [2.05, 4.69) is 79.8 Å². The normalized spacial score (nSPS) is 12.1. The van der Waals surface area contributed by atoms with E-state index < -0.39 is 0 Å². The first-order valence-corrected chi connectivity index (χ1v) is 7.02. The molecule has 0 heterocycles. The molecule has 20 heavy (non-hydrogen) atoms. The van der Waals surface area contributed by atoms with Gasteiger partial charge in [-0.1, -0.05) is 72.8 Å². The number of hydrogen-bond acceptors (Lipinski definition) is 0. The van der Waals surface area contributed by atoms with Gasteiger partial charge in [-0.15, -0.1) is 0 Å². The van der Waals surface area contributed by atoms with E-state index in [-0.39, 0.29) is 0 Å². The summed E-state index contributed by atoms with van der Waals surface area (Å²) in [4.78, 5) is 0. The summed E-state index contributed by atoms with van der Waals surface area (Å²) in [5.41, 5.74) is 2.66. The first kappa shape index (κ1) is 12.7. The van der Waals surface area contributed by atoms with Crippen LogP contribution in [0.15, 0.2) is 66.8 Å². The molecule has 0 fully saturated rings. The topological polar surface area (TPSA) is 0 Å². The van der Waals surface area contributed by atoms with Gasteiger partial charge >= 0.3 is 0 Å². The van der Waals surface area contributed by atoms with Gasteiger partial charge in [-0.3, -0.25) is 0 Å². The molecule has 98 valence electrons. The Balaban J connectivity index is 2.44. The fraction of sp³-hybridized carbons (Fsp3) is 0.100. The number of fused-ring (bicyclic) bond motifs is 3. The van der Waals surface area contributed by atoms with Crippen molar-refractivity contribution < 1.29 is 0 Å². The minimum atomic E-state index is 1.32. The Hall–Kier alpha value is -2.34. The quantitative estimate of drug-likeness (QED) is 0.397. The molecule has 0 aliphatic heterocycles. The molecule has 0 amide bonds. The molecule has 0 heteroatoms. The zero-order valence-corrected chi connectivity index (χ0v) is 11.9. The van der Waals surface area contributed by atoms with Crippen molar-refractivity contribution in [1.82, 2.24) is 0 Å². The van der Waals surface area contributed by atoms with Crippen LogP contribution in [0.25, 0.3) is 27.6 Å². The standard InChI is InChI=1S/C20H18/c1-3-4-5-10-16-15(2)17-11-6-7-12-19(17)20-14-9-8-13-18(16)20/h3-14H,1-2H3/b4-3-,10-5-. The smallest absolute Gasteiger partial charge is 0.00992 e. The molecule has 3 rings (SSSR count). The Morgan fingerprint density at radius 3 is 1.90 bits per heavy atom. The predicted molar refractivity (Wildman–Crippen MR) is 90.0 cm³/mol. The third-order valence-electron chi connectivity index (χ3n) is 3.81. The molecule has 0 aliphatic rings. The van der Waals surface area contributed by atoms with Crippen LogP contribution in [-0.4, -0.2) is 0 Å². The molecule has 0 aromatic heterocycles. The lowest BCUT2D eigenvalue weighted by Gasteiger charge is -2.12. The van der Waals surface area contributed by atoms with Gasteiger partial charge in [0.05, 0.1) is 0 Å². The van der Waals surface area contributed by atoms with Crippen molar-refractivity contribution >= 4 is 27.6 Å². The number of allylic oxidation sites excluding steroid dienone is 3. The highest BCUT2D eigenvalue weighted by molar-refractivity contribution is 6.12. The fourth-order valence-corrected chi connectivity index (χ4v) is 2.82. The summed E-state index contributed by atoms with van der Waals surface area (Å²) in [7, 11) is 0. The molecule has 0 aliphatic carbocycles. The highest BCUT2D eigenvalue weighted by Crippen LogP contribution is 2.33. The Kier molecular flexibility index (Phi) is 3.39. The van der Waals surface area contributed by atoms with Crippen LogP contribution in [0.1, 0.15) is 18.1 Å². The van der Waals surface area contributed by atoms with E-state index in [4.69, 9.17) is 0 Å². The molecule has 0 atom stereocenters. The molecule has 0 saturated heterocycles. The van der Waals surface area contributed by atoms with E-state index in [0.29, 0.717) is 0 Å². The molecule has 0 N–H and O–H groups in total. The van der Waals surface area contributed by atoms with Gasteiger partial charge in [-0.2, -0.15) is 0 Å². The van der Waals surface area contributed by atoms with Crippen LogP contribution in [-0.2, 0) is 0 Å². The maximum Gasteiger partial charge on any atom is -0.00992 e. The molecule has 0 radical (unpaired) electrons. The molecule has 3 aromatic rings. The summed E-state index contributed by atoms with van der Waals surface area (Å²) < 4.78 is 0. The Labute approximate surface area is 120 Å². The molecular formula is C20H18. The van der Waals surface area contributed by atoms with Crippen LogP contribution in [0.5, 0.6) is 0 Å². The summed E-state index contributed by atoms with van der Waals surface area (Å²) in [6.45, 7) is 4.25. The summed E-state index contributed by atoms with van der Waals surface area (Å²) >= 11 is 0. The van der Waals surface area contributed by atoms with Gasteiger partial charge in [0, 0.05) is 0 Å². The zero-order chi connectivity index (χ0) is 13.9. The second-order valence-corrected chi connectivity index (χ2v) is 5.01. The first-order valence-electron chi connectivity index (χ1n) is 7.02. The average Bonchev–Trinajstić information content (AvgIpc) is 2.51. The lowest BCUT2D eigenvalue weighted by atomic mass is 9.92. The third kappa shape index (κ3) is 2.04. The van der Waals surface area contributed by atoms with E-state index in [1.54, 1.807) is 0 Å². The first-order chi connectivity index (χ1) is 9.83. The Morgan fingerprint density at radius 1 is 0.700 bits per heavy atom. The number of aryl methyl sites for hydroxylation is 1. The van der Waals surface area contributed by atoms with Gasteiger partial charge < -0.3 is 0 Å². The third-order valence-corrected chi connectivity index (χ3v) is 3.81. The van der Waals surface area contributed by atoms with Gasteiger partial charge in [0.25, 0.3) is 0 Å². The Morgan fingerprint density at radius 2 is 1.25 bits per heavy atom. The van der Waals surface area contributed by atoms with E-state index in [0.717, 1.165) is 0 Å². The van der Waals surface area contributed by atoms with Crippen LogP contribution in [0.2, 0.25) is 0 Å². The second kappa shape index (κ2) is 5.34. The van der Waals surface area contributed by atoms with E-state index in [1.807, 2.05) is 6.92 Å². The average molecular weight is 258 g/mol.